The van der Waals surface area contributed by atoms with Gasteiger partial charge >= 0.3 is 5.97 Å². The van der Waals surface area contributed by atoms with Gasteiger partial charge in [-0.25, -0.2) is 9.68 Å². The van der Waals surface area contributed by atoms with Crippen LogP contribution in [0.4, 0.5) is 0 Å². The van der Waals surface area contributed by atoms with Gasteiger partial charge in [0.25, 0.3) is 5.91 Å². The van der Waals surface area contributed by atoms with Crippen molar-refractivity contribution in [3.8, 4) is 5.75 Å². The average molecular weight is 381 g/mol. The summed E-state index contributed by atoms with van der Waals surface area (Å²) in [4.78, 5) is 37.4. The number of piperidine rings is 1. The first kappa shape index (κ1) is 19.9. The lowest BCUT2D eigenvalue weighted by Crippen LogP contribution is -2.45. The molecule has 0 spiro atoms. The Morgan fingerprint density at radius 2 is 1.57 bits per heavy atom. The summed E-state index contributed by atoms with van der Waals surface area (Å²) in [6.45, 7) is 7.03. The number of hydrogen-bond donors (Lipinski definition) is 0. The fraction of sp³-hybridized carbons (Fsp3) is 0.391. The van der Waals surface area contributed by atoms with E-state index in [1.165, 1.54) is 0 Å². The normalized spacial score (nSPS) is 15.2. The van der Waals surface area contributed by atoms with Crippen molar-refractivity contribution in [3.05, 3.63) is 65.7 Å². The van der Waals surface area contributed by atoms with Crippen molar-refractivity contribution < 1.29 is 19.4 Å². The zero-order chi connectivity index (χ0) is 20.1. The number of amides is 1. The highest BCUT2D eigenvalue weighted by Crippen LogP contribution is 2.36. The van der Waals surface area contributed by atoms with Gasteiger partial charge in [0.05, 0.1) is 5.41 Å². The highest BCUT2D eigenvalue weighted by Gasteiger charge is 2.41. The molecule has 28 heavy (non-hydrogen) atoms. The molecule has 2 aromatic carbocycles. The predicted octanol–water partition coefficient (Wildman–Crippen LogP) is 4.41. The van der Waals surface area contributed by atoms with Gasteiger partial charge in [-0.1, -0.05) is 35.9 Å². The summed E-state index contributed by atoms with van der Waals surface area (Å²) in [5, 5.41) is 0. The van der Waals surface area contributed by atoms with Crippen molar-refractivity contribution in [2.24, 2.45) is 11.3 Å². The van der Waals surface area contributed by atoms with Gasteiger partial charge in [0.15, 0.2) is 5.75 Å². The molecule has 1 aliphatic heterocycles. The molecule has 148 valence electrons. The van der Waals surface area contributed by atoms with Crippen molar-refractivity contribution in [1.82, 2.24) is 4.90 Å². The minimum atomic E-state index is -0.687. The maximum Gasteiger partial charge on any atom is 0.361 e. The Bertz CT molecular complexity index is 806. The number of rotatable bonds is 5. The monoisotopic (exact) mass is 381 g/mol. The summed E-state index contributed by atoms with van der Waals surface area (Å²) in [6, 6.07) is 16.6. The quantitative estimate of drug-likeness (QED) is 0.569. The van der Waals surface area contributed by atoms with Crippen LogP contribution in [0.2, 0.25) is 0 Å². The second-order valence-electron chi connectivity index (χ2n) is 7.92. The Morgan fingerprint density at radius 1 is 0.964 bits per heavy atom. The second kappa shape index (κ2) is 8.46. The topological polar surface area (TPSA) is 55.8 Å². The molecule has 0 N–H and O–H groups in total. The van der Waals surface area contributed by atoms with Gasteiger partial charge in [0, 0.05) is 18.7 Å². The van der Waals surface area contributed by atoms with Gasteiger partial charge in [-0.15, -0.1) is 0 Å². The van der Waals surface area contributed by atoms with Gasteiger partial charge in [-0.05, 0) is 63.8 Å². The molecule has 0 saturated carbocycles. The van der Waals surface area contributed by atoms with E-state index < -0.39 is 5.41 Å². The molecular formula is C23H27NO4. The van der Waals surface area contributed by atoms with E-state index in [0.717, 1.165) is 18.4 Å². The Kier molecular flexibility index (Phi) is 6.02. The molecule has 1 amide bonds. The number of likely N-dealkylation sites (tertiary alicyclic amines) is 1. The molecule has 0 aliphatic carbocycles. The maximum atomic E-state index is 12.7. The summed E-state index contributed by atoms with van der Waals surface area (Å²) < 4.78 is 0. The zero-order valence-corrected chi connectivity index (χ0v) is 16.7. The first-order valence-electron chi connectivity index (χ1n) is 9.68. The van der Waals surface area contributed by atoms with Crippen molar-refractivity contribution in [2.45, 2.75) is 33.6 Å². The van der Waals surface area contributed by atoms with Crippen LogP contribution < -0.4 is 4.89 Å². The number of benzene rings is 2. The number of nitrogens with zero attached hydrogens (tertiary/aromatic N) is 1. The number of aryl methyl sites for hydroxylation is 1. The molecule has 5 heteroatoms. The zero-order valence-electron chi connectivity index (χ0n) is 16.7. The predicted molar refractivity (Wildman–Crippen MR) is 107 cm³/mol. The molecule has 0 unspecified atom stereocenters. The summed E-state index contributed by atoms with van der Waals surface area (Å²) >= 11 is 0. The van der Waals surface area contributed by atoms with E-state index in [0.29, 0.717) is 24.4 Å². The number of para-hydroxylation sites is 1. The van der Waals surface area contributed by atoms with Crippen LogP contribution in [-0.2, 0) is 9.68 Å². The summed E-state index contributed by atoms with van der Waals surface area (Å²) in [5.41, 5.74) is 1.15. The van der Waals surface area contributed by atoms with Crippen LogP contribution >= 0.6 is 0 Å². The van der Waals surface area contributed by atoms with Crippen LogP contribution in [-0.4, -0.2) is 29.9 Å². The molecule has 2 aromatic rings. The number of carbonyl (C=O) groups is 2. The van der Waals surface area contributed by atoms with Crippen molar-refractivity contribution >= 4 is 11.9 Å². The van der Waals surface area contributed by atoms with E-state index in [4.69, 9.17) is 9.78 Å². The van der Waals surface area contributed by atoms with E-state index >= 15 is 0 Å². The van der Waals surface area contributed by atoms with Crippen LogP contribution in [0, 0.1) is 18.3 Å². The van der Waals surface area contributed by atoms with Crippen LogP contribution in [0.15, 0.2) is 54.6 Å². The van der Waals surface area contributed by atoms with Gasteiger partial charge in [0.2, 0.25) is 0 Å². The summed E-state index contributed by atoms with van der Waals surface area (Å²) in [6.07, 6.45) is 1.51. The van der Waals surface area contributed by atoms with Gasteiger partial charge < -0.3 is 4.90 Å². The summed E-state index contributed by atoms with van der Waals surface area (Å²) in [7, 11) is 0. The molecule has 0 bridgehead atoms. The van der Waals surface area contributed by atoms with Gasteiger partial charge in [-0.3, -0.25) is 9.68 Å². The molecule has 1 fully saturated rings. The lowest BCUT2D eigenvalue weighted by atomic mass is 9.73. The minimum Gasteiger partial charge on any atom is -0.339 e. The van der Waals surface area contributed by atoms with Crippen molar-refractivity contribution in [3.63, 3.8) is 0 Å². The van der Waals surface area contributed by atoms with Crippen LogP contribution in [0.25, 0.3) is 0 Å². The third-order valence-corrected chi connectivity index (χ3v) is 5.58. The van der Waals surface area contributed by atoms with Crippen LogP contribution in [0.3, 0.4) is 0 Å². The molecule has 3 rings (SSSR count). The molecule has 0 aromatic heterocycles. The van der Waals surface area contributed by atoms with E-state index in [-0.39, 0.29) is 17.8 Å². The molecule has 0 atom stereocenters. The first-order valence-corrected chi connectivity index (χ1v) is 9.68. The van der Waals surface area contributed by atoms with E-state index in [1.807, 2.05) is 68.1 Å². The molecule has 1 saturated heterocycles. The second-order valence-corrected chi connectivity index (χ2v) is 7.92. The third-order valence-electron chi connectivity index (χ3n) is 5.58. The third kappa shape index (κ3) is 4.53. The maximum absolute atomic E-state index is 12.7. The number of carbonyl (C=O) groups excluding carboxylic acids is 2. The molecule has 0 radical (unpaired) electrons. The van der Waals surface area contributed by atoms with Crippen LogP contribution in [0.5, 0.6) is 5.75 Å². The highest BCUT2D eigenvalue weighted by atomic mass is 17.2. The smallest absolute Gasteiger partial charge is 0.339 e. The highest BCUT2D eigenvalue weighted by molar-refractivity contribution is 5.94. The largest absolute Gasteiger partial charge is 0.361 e. The molecule has 1 heterocycles. The number of hydrogen-bond acceptors (Lipinski definition) is 4. The Labute approximate surface area is 166 Å². The van der Waals surface area contributed by atoms with Gasteiger partial charge in [0.1, 0.15) is 0 Å². The Hall–Kier alpha value is -2.82. The van der Waals surface area contributed by atoms with Crippen LogP contribution in [0.1, 0.15) is 42.6 Å². The standard InChI is InChI=1S/C23H27NO4/c1-17-9-11-18(12-10-17)21(25)24-15-13-19(14-16-24)23(2,3)22(26)28-27-20-7-5-4-6-8-20/h4-12,19H,13-16H2,1-3H3. The Balaban J connectivity index is 1.54. The lowest BCUT2D eigenvalue weighted by molar-refractivity contribution is -0.227. The summed E-state index contributed by atoms with van der Waals surface area (Å²) in [5.74, 6) is 0.275. The van der Waals surface area contributed by atoms with Crippen molar-refractivity contribution in [1.29, 1.82) is 0 Å². The minimum absolute atomic E-state index is 0.0474. The fourth-order valence-corrected chi connectivity index (χ4v) is 3.52. The van der Waals surface area contributed by atoms with E-state index in [1.54, 1.807) is 12.1 Å². The van der Waals surface area contributed by atoms with E-state index in [9.17, 15) is 9.59 Å². The molecule has 1 aliphatic rings. The molecule has 5 nitrogen and oxygen atoms in total. The lowest BCUT2D eigenvalue weighted by Gasteiger charge is -2.38. The van der Waals surface area contributed by atoms with E-state index in [2.05, 4.69) is 0 Å². The van der Waals surface area contributed by atoms with Gasteiger partial charge in [-0.2, -0.15) is 0 Å². The fourth-order valence-electron chi connectivity index (χ4n) is 3.52. The average Bonchev–Trinajstić information content (AvgIpc) is 2.73. The SMILES string of the molecule is Cc1ccc(C(=O)N2CCC(C(C)(C)C(=O)OOc3ccccc3)CC2)cc1. The van der Waals surface area contributed by atoms with Crippen molar-refractivity contribution in [2.75, 3.05) is 13.1 Å². The first-order chi connectivity index (χ1) is 13.4. The Morgan fingerprint density at radius 3 is 2.18 bits per heavy atom. The molecular weight excluding hydrogens is 354 g/mol.